The van der Waals surface area contributed by atoms with Gasteiger partial charge in [0.25, 0.3) is 0 Å². The first-order valence-electron chi connectivity index (χ1n) is 19.5. The molecule has 4 nitrogen and oxygen atoms in total. The minimum absolute atomic E-state index is 0.286. The average molecular weight is 709 g/mol. The van der Waals surface area contributed by atoms with Crippen molar-refractivity contribution in [1.29, 1.82) is 5.26 Å². The van der Waals surface area contributed by atoms with Crippen LogP contribution < -0.4 is 0 Å². The zero-order valence-electron chi connectivity index (χ0n) is 30.9. The predicted octanol–water partition coefficient (Wildman–Crippen LogP) is 12.9. The molecule has 1 aromatic heterocycles. The van der Waals surface area contributed by atoms with E-state index in [9.17, 15) is 5.26 Å². The van der Waals surface area contributed by atoms with E-state index in [4.69, 9.17) is 15.0 Å². The maximum Gasteiger partial charge on any atom is 0.164 e. The summed E-state index contributed by atoms with van der Waals surface area (Å²) in [6, 6.07) is 55.5. The third-order valence-electron chi connectivity index (χ3n) is 12.3. The summed E-state index contributed by atoms with van der Waals surface area (Å²) < 4.78 is 0. The van der Waals surface area contributed by atoms with Gasteiger partial charge in [0.05, 0.1) is 11.6 Å². The second-order valence-corrected chi connectivity index (χ2v) is 15.9. The van der Waals surface area contributed by atoms with Crippen LogP contribution >= 0.6 is 0 Å². The minimum Gasteiger partial charge on any atom is -0.208 e. The molecule has 0 radical (unpaired) electrons. The molecule has 2 aliphatic carbocycles. The predicted molar refractivity (Wildman–Crippen MR) is 224 cm³/mol. The van der Waals surface area contributed by atoms with Gasteiger partial charge in [-0.25, -0.2) is 15.0 Å². The molecule has 10 rings (SSSR count). The van der Waals surface area contributed by atoms with Crippen molar-refractivity contribution in [2.45, 2.75) is 44.4 Å². The quantitative estimate of drug-likeness (QED) is 0.161. The van der Waals surface area contributed by atoms with Crippen LogP contribution in [0.4, 0.5) is 0 Å². The van der Waals surface area contributed by atoms with Gasteiger partial charge >= 0.3 is 0 Å². The Morgan fingerprint density at radius 2 is 1.07 bits per heavy atom. The lowest BCUT2D eigenvalue weighted by atomic mass is 9.66. The first kappa shape index (κ1) is 33.2. The number of hydrogen-bond donors (Lipinski definition) is 0. The van der Waals surface area contributed by atoms with Crippen molar-refractivity contribution in [1.82, 2.24) is 15.0 Å². The van der Waals surface area contributed by atoms with Gasteiger partial charge in [-0.2, -0.15) is 5.26 Å². The van der Waals surface area contributed by atoms with Crippen molar-refractivity contribution in [3.63, 3.8) is 0 Å². The molecule has 2 aliphatic rings. The summed E-state index contributed by atoms with van der Waals surface area (Å²) in [6.45, 7) is 2.50. The van der Waals surface area contributed by atoms with Crippen LogP contribution in [0.25, 0.3) is 78.0 Å². The zero-order chi connectivity index (χ0) is 36.9. The standard InChI is InChI=1S/C51H40N4/c1-51(30-34-10-11-35(28-34)31-51)43-25-22-38(23-26-43)44-8-5-9-45-46(44)27-24-39-18-21-42(29-47(39)45)50-54-48(40-14-12-33(32-52)13-15-40)53-49(55-50)41-19-16-37(17-20-41)36-6-3-2-4-7-36/h2-9,12-27,29,34-35H,10-11,28,30-31H2,1H3/t34-,35+,51?. The topological polar surface area (TPSA) is 62.5 Å². The van der Waals surface area contributed by atoms with Gasteiger partial charge < -0.3 is 0 Å². The lowest BCUT2D eigenvalue weighted by molar-refractivity contribution is 0.232. The van der Waals surface area contributed by atoms with E-state index in [-0.39, 0.29) is 5.41 Å². The molecular formula is C51H40N4. The summed E-state index contributed by atoms with van der Waals surface area (Å²) in [7, 11) is 0. The molecule has 2 fully saturated rings. The highest BCUT2D eigenvalue weighted by Gasteiger charge is 2.41. The molecule has 0 N–H and O–H groups in total. The summed E-state index contributed by atoms with van der Waals surface area (Å²) in [5, 5.41) is 14.2. The maximum absolute atomic E-state index is 9.43. The molecule has 1 unspecified atom stereocenters. The largest absolute Gasteiger partial charge is 0.208 e. The van der Waals surface area contributed by atoms with E-state index in [0.29, 0.717) is 23.0 Å². The number of nitriles is 1. The molecule has 0 amide bonds. The molecule has 2 bridgehead atoms. The van der Waals surface area contributed by atoms with Crippen LogP contribution in [0.1, 0.15) is 50.2 Å². The third kappa shape index (κ3) is 6.16. The highest BCUT2D eigenvalue weighted by Crippen LogP contribution is 2.52. The van der Waals surface area contributed by atoms with Crippen LogP contribution in [-0.4, -0.2) is 15.0 Å². The number of benzene rings is 7. The summed E-state index contributed by atoms with van der Waals surface area (Å²) in [5.41, 5.74) is 9.82. The Hall–Kier alpha value is -6.44. The van der Waals surface area contributed by atoms with Crippen molar-refractivity contribution in [3.05, 3.63) is 163 Å². The maximum atomic E-state index is 9.43. The van der Waals surface area contributed by atoms with Crippen LogP contribution in [0.3, 0.4) is 0 Å². The zero-order valence-corrected chi connectivity index (χ0v) is 30.9. The van der Waals surface area contributed by atoms with Crippen molar-refractivity contribution in [2.24, 2.45) is 11.8 Å². The summed E-state index contributed by atoms with van der Waals surface area (Å²) in [4.78, 5) is 15.1. The van der Waals surface area contributed by atoms with Crippen LogP contribution in [0.15, 0.2) is 152 Å². The number of aromatic nitrogens is 3. The molecule has 0 spiro atoms. The Kier molecular flexibility index (Phi) is 8.11. The Bertz CT molecular complexity index is 2730. The van der Waals surface area contributed by atoms with Crippen molar-refractivity contribution in [2.75, 3.05) is 0 Å². The first-order valence-corrected chi connectivity index (χ1v) is 19.5. The Labute approximate surface area is 322 Å². The third-order valence-corrected chi connectivity index (χ3v) is 12.3. The fourth-order valence-corrected chi connectivity index (χ4v) is 9.57. The average Bonchev–Trinajstić information content (AvgIpc) is 3.61. The summed E-state index contributed by atoms with van der Waals surface area (Å²) >= 11 is 0. The van der Waals surface area contributed by atoms with Crippen LogP contribution in [-0.2, 0) is 5.41 Å². The monoisotopic (exact) mass is 708 g/mol. The highest BCUT2D eigenvalue weighted by molar-refractivity contribution is 6.12. The molecule has 2 saturated carbocycles. The van der Waals surface area contributed by atoms with Gasteiger partial charge in [0.1, 0.15) is 0 Å². The fraction of sp³-hybridized carbons (Fsp3) is 0.176. The molecule has 8 aromatic rings. The van der Waals surface area contributed by atoms with Crippen LogP contribution in [0.5, 0.6) is 0 Å². The fourth-order valence-electron chi connectivity index (χ4n) is 9.57. The van der Waals surface area contributed by atoms with Crippen molar-refractivity contribution >= 4 is 21.5 Å². The summed E-state index contributed by atoms with van der Waals surface area (Å²) in [5.74, 6) is 3.57. The SMILES string of the molecule is CC1(c2ccc(-c3cccc4c3ccc3ccc(-c5nc(-c6ccc(C#N)cc6)nc(-c6ccc(-c7ccccc7)cc6)n5)cc34)cc2)C[C@@H]2CC[C@@H](C2)C1. The molecule has 264 valence electrons. The van der Waals surface area contributed by atoms with E-state index in [1.165, 1.54) is 65.0 Å². The van der Waals surface area contributed by atoms with Gasteiger partial charge in [-0.05, 0) is 116 Å². The van der Waals surface area contributed by atoms with E-state index in [0.717, 1.165) is 45.0 Å². The lowest BCUT2D eigenvalue weighted by Crippen LogP contribution is -2.30. The van der Waals surface area contributed by atoms with Crippen molar-refractivity contribution in [3.8, 4) is 62.5 Å². The van der Waals surface area contributed by atoms with E-state index < -0.39 is 0 Å². The normalized spacial score (nSPS) is 19.1. The van der Waals surface area contributed by atoms with E-state index in [2.05, 4.69) is 134 Å². The van der Waals surface area contributed by atoms with Crippen LogP contribution in [0, 0.1) is 23.2 Å². The lowest BCUT2D eigenvalue weighted by Gasteiger charge is -2.38. The first-order chi connectivity index (χ1) is 27.0. The molecule has 4 heteroatoms. The number of nitrogens with zero attached hydrogens (tertiary/aromatic N) is 4. The molecule has 3 atom stereocenters. The van der Waals surface area contributed by atoms with E-state index in [1.54, 1.807) is 12.1 Å². The van der Waals surface area contributed by atoms with Crippen molar-refractivity contribution < 1.29 is 0 Å². The molecule has 0 saturated heterocycles. The van der Waals surface area contributed by atoms with E-state index >= 15 is 0 Å². The highest BCUT2D eigenvalue weighted by atomic mass is 15.0. The Morgan fingerprint density at radius 1 is 0.509 bits per heavy atom. The van der Waals surface area contributed by atoms with Gasteiger partial charge in [0.2, 0.25) is 0 Å². The van der Waals surface area contributed by atoms with Gasteiger partial charge in [-0.3, -0.25) is 0 Å². The molecular weight excluding hydrogens is 669 g/mol. The van der Waals surface area contributed by atoms with Gasteiger partial charge in [0, 0.05) is 16.7 Å². The molecule has 55 heavy (non-hydrogen) atoms. The molecule has 1 heterocycles. The number of hydrogen-bond acceptors (Lipinski definition) is 4. The Morgan fingerprint density at radius 3 is 1.75 bits per heavy atom. The molecule has 0 aliphatic heterocycles. The van der Waals surface area contributed by atoms with Gasteiger partial charge in [-0.1, -0.05) is 141 Å². The second kappa shape index (κ2) is 13.4. The second-order valence-electron chi connectivity index (χ2n) is 15.9. The van der Waals surface area contributed by atoms with E-state index in [1.807, 2.05) is 18.2 Å². The van der Waals surface area contributed by atoms with Gasteiger partial charge in [-0.15, -0.1) is 0 Å². The number of fused-ring (bicyclic) bond motifs is 5. The van der Waals surface area contributed by atoms with Crippen LogP contribution in [0.2, 0.25) is 0 Å². The number of rotatable bonds is 6. The summed E-state index contributed by atoms with van der Waals surface area (Å²) in [6.07, 6.45) is 6.92. The Balaban J connectivity index is 1.05. The smallest absolute Gasteiger partial charge is 0.164 e. The van der Waals surface area contributed by atoms with Gasteiger partial charge in [0.15, 0.2) is 17.5 Å². The minimum atomic E-state index is 0.286. The molecule has 7 aromatic carbocycles.